The van der Waals surface area contributed by atoms with Crippen molar-refractivity contribution >= 4 is 5.91 Å². The number of amides is 1. The van der Waals surface area contributed by atoms with Gasteiger partial charge in [-0.05, 0) is 32.9 Å². The molecule has 1 unspecified atom stereocenters. The highest BCUT2D eigenvalue weighted by atomic mass is 16.4. The average molecular weight is 223 g/mol. The van der Waals surface area contributed by atoms with Gasteiger partial charge in [0.25, 0.3) is 0 Å². The summed E-state index contributed by atoms with van der Waals surface area (Å²) in [4.78, 5) is 11.3. The van der Waals surface area contributed by atoms with E-state index in [1.807, 2.05) is 13.8 Å². The first-order valence-electron chi connectivity index (χ1n) is 5.11. The molecule has 0 bridgehead atoms. The van der Waals surface area contributed by atoms with E-state index in [1.165, 1.54) is 12.3 Å². The van der Waals surface area contributed by atoms with Gasteiger partial charge in [-0.2, -0.15) is 0 Å². The van der Waals surface area contributed by atoms with Gasteiger partial charge >= 0.3 is 0 Å². The molecule has 16 heavy (non-hydrogen) atoms. The van der Waals surface area contributed by atoms with Crippen molar-refractivity contribution in [1.82, 2.24) is 5.32 Å². The second-order valence-electron chi connectivity index (χ2n) is 4.19. The van der Waals surface area contributed by atoms with E-state index in [-0.39, 0.29) is 12.5 Å². The minimum Gasteiger partial charge on any atom is -0.466 e. The zero-order valence-electron chi connectivity index (χ0n) is 9.78. The summed E-state index contributed by atoms with van der Waals surface area (Å²) in [7, 11) is 0. The fraction of sp³-hybridized carbons (Fsp3) is 0.417. The SMILES string of the molecule is CC(C)=CC(=O)NCC(C)(O)c1ccco1. The number of allylic oxidation sites excluding steroid dienone is 1. The Hall–Kier alpha value is -1.55. The van der Waals surface area contributed by atoms with Crippen LogP contribution in [0.15, 0.2) is 34.5 Å². The van der Waals surface area contributed by atoms with Crippen molar-refractivity contribution < 1.29 is 14.3 Å². The van der Waals surface area contributed by atoms with E-state index in [2.05, 4.69) is 5.32 Å². The van der Waals surface area contributed by atoms with E-state index in [0.29, 0.717) is 5.76 Å². The molecule has 0 saturated carbocycles. The molecule has 2 N–H and O–H groups in total. The van der Waals surface area contributed by atoms with Crippen molar-refractivity contribution in [1.29, 1.82) is 0 Å². The summed E-state index contributed by atoms with van der Waals surface area (Å²) in [6, 6.07) is 3.37. The smallest absolute Gasteiger partial charge is 0.244 e. The Morgan fingerprint density at radius 2 is 2.31 bits per heavy atom. The molecule has 1 heterocycles. The lowest BCUT2D eigenvalue weighted by atomic mass is 10.0. The van der Waals surface area contributed by atoms with E-state index in [0.717, 1.165) is 5.57 Å². The Labute approximate surface area is 95.0 Å². The molecule has 1 atom stereocenters. The lowest BCUT2D eigenvalue weighted by Gasteiger charge is -2.20. The van der Waals surface area contributed by atoms with E-state index in [4.69, 9.17) is 4.42 Å². The molecule has 0 aliphatic carbocycles. The van der Waals surface area contributed by atoms with Crippen LogP contribution in [0, 0.1) is 0 Å². The van der Waals surface area contributed by atoms with E-state index in [9.17, 15) is 9.90 Å². The third-order valence-corrected chi connectivity index (χ3v) is 2.08. The van der Waals surface area contributed by atoms with Crippen LogP contribution in [0.4, 0.5) is 0 Å². The summed E-state index contributed by atoms with van der Waals surface area (Å²) in [5.41, 5.74) is -0.274. The first kappa shape index (κ1) is 12.5. The van der Waals surface area contributed by atoms with Gasteiger partial charge in [-0.1, -0.05) is 5.57 Å². The predicted molar refractivity (Wildman–Crippen MR) is 60.7 cm³/mol. The Balaban J connectivity index is 2.55. The zero-order valence-corrected chi connectivity index (χ0v) is 9.78. The third-order valence-electron chi connectivity index (χ3n) is 2.08. The number of hydrogen-bond acceptors (Lipinski definition) is 3. The number of carbonyl (C=O) groups excluding carboxylic acids is 1. The van der Waals surface area contributed by atoms with Crippen molar-refractivity contribution in [3.05, 3.63) is 35.8 Å². The largest absolute Gasteiger partial charge is 0.466 e. The standard InChI is InChI=1S/C12H17NO3/c1-9(2)7-11(14)13-8-12(3,15)10-5-4-6-16-10/h4-7,15H,8H2,1-3H3,(H,13,14). The molecule has 4 heteroatoms. The van der Waals surface area contributed by atoms with E-state index < -0.39 is 5.60 Å². The van der Waals surface area contributed by atoms with E-state index >= 15 is 0 Å². The number of rotatable bonds is 4. The van der Waals surface area contributed by atoms with Crippen LogP contribution in [0.5, 0.6) is 0 Å². The summed E-state index contributed by atoms with van der Waals surface area (Å²) in [5.74, 6) is 0.219. The molecule has 0 aromatic carbocycles. The van der Waals surface area contributed by atoms with Gasteiger partial charge in [0.05, 0.1) is 12.8 Å². The molecular formula is C12H17NO3. The third kappa shape index (κ3) is 3.55. The minimum absolute atomic E-state index is 0.114. The van der Waals surface area contributed by atoms with Gasteiger partial charge in [-0.25, -0.2) is 0 Å². The van der Waals surface area contributed by atoms with Gasteiger partial charge in [-0.15, -0.1) is 0 Å². The maximum Gasteiger partial charge on any atom is 0.244 e. The number of hydrogen-bond donors (Lipinski definition) is 2. The van der Waals surface area contributed by atoms with Crippen molar-refractivity contribution in [3.63, 3.8) is 0 Å². The maximum absolute atomic E-state index is 11.3. The van der Waals surface area contributed by atoms with Crippen LogP contribution >= 0.6 is 0 Å². The Bertz CT molecular complexity index is 373. The van der Waals surface area contributed by atoms with Gasteiger partial charge in [0.2, 0.25) is 5.91 Å². The molecule has 0 radical (unpaired) electrons. The Kier molecular flexibility index (Phi) is 3.90. The average Bonchev–Trinajstić information content (AvgIpc) is 2.67. The fourth-order valence-electron chi connectivity index (χ4n) is 1.24. The maximum atomic E-state index is 11.3. The molecule has 1 amide bonds. The molecule has 0 spiro atoms. The van der Waals surface area contributed by atoms with E-state index in [1.54, 1.807) is 19.1 Å². The van der Waals surface area contributed by atoms with Crippen LogP contribution in [0.3, 0.4) is 0 Å². The molecular weight excluding hydrogens is 206 g/mol. The summed E-state index contributed by atoms with van der Waals surface area (Å²) in [6.07, 6.45) is 2.97. The van der Waals surface area contributed by atoms with Crippen molar-refractivity contribution in [2.24, 2.45) is 0 Å². The van der Waals surface area contributed by atoms with Crippen molar-refractivity contribution in [2.45, 2.75) is 26.4 Å². The summed E-state index contributed by atoms with van der Waals surface area (Å²) in [5, 5.41) is 12.6. The van der Waals surface area contributed by atoms with Crippen molar-refractivity contribution in [2.75, 3.05) is 6.54 Å². The number of nitrogens with one attached hydrogen (secondary N) is 1. The highest BCUT2D eigenvalue weighted by molar-refractivity contribution is 5.88. The van der Waals surface area contributed by atoms with Crippen LogP contribution in [0.1, 0.15) is 26.5 Å². The molecule has 0 saturated heterocycles. The fourth-order valence-corrected chi connectivity index (χ4v) is 1.24. The van der Waals surface area contributed by atoms with Crippen molar-refractivity contribution in [3.8, 4) is 0 Å². The molecule has 1 aromatic rings. The van der Waals surface area contributed by atoms with Crippen LogP contribution in [0.25, 0.3) is 0 Å². The summed E-state index contributed by atoms with van der Waals surface area (Å²) < 4.78 is 5.09. The minimum atomic E-state index is -1.19. The first-order chi connectivity index (χ1) is 7.42. The molecule has 0 aliphatic rings. The summed E-state index contributed by atoms with van der Waals surface area (Å²) >= 11 is 0. The number of furan rings is 1. The topological polar surface area (TPSA) is 62.5 Å². The Morgan fingerprint density at radius 1 is 1.62 bits per heavy atom. The second kappa shape index (κ2) is 4.99. The summed E-state index contributed by atoms with van der Waals surface area (Å²) in [6.45, 7) is 5.38. The molecule has 1 rings (SSSR count). The van der Waals surface area contributed by atoms with Gasteiger partial charge < -0.3 is 14.8 Å². The van der Waals surface area contributed by atoms with Crippen LogP contribution < -0.4 is 5.32 Å². The highest BCUT2D eigenvalue weighted by Crippen LogP contribution is 2.19. The van der Waals surface area contributed by atoms with Crippen LogP contribution in [-0.2, 0) is 10.4 Å². The first-order valence-corrected chi connectivity index (χ1v) is 5.11. The van der Waals surface area contributed by atoms with Crippen LogP contribution in [0.2, 0.25) is 0 Å². The quantitative estimate of drug-likeness (QED) is 0.761. The molecule has 4 nitrogen and oxygen atoms in total. The highest BCUT2D eigenvalue weighted by Gasteiger charge is 2.26. The predicted octanol–water partition coefficient (Wildman–Crippen LogP) is 1.57. The normalized spacial score (nSPS) is 14.0. The van der Waals surface area contributed by atoms with Gasteiger partial charge in [0.15, 0.2) is 0 Å². The van der Waals surface area contributed by atoms with Gasteiger partial charge in [-0.3, -0.25) is 4.79 Å². The monoisotopic (exact) mass is 223 g/mol. The molecule has 0 aliphatic heterocycles. The second-order valence-corrected chi connectivity index (χ2v) is 4.19. The molecule has 1 aromatic heterocycles. The molecule has 88 valence electrons. The van der Waals surface area contributed by atoms with Gasteiger partial charge in [0, 0.05) is 6.08 Å². The molecule has 0 fully saturated rings. The Morgan fingerprint density at radius 3 is 2.81 bits per heavy atom. The lowest BCUT2D eigenvalue weighted by Crippen LogP contribution is -2.37. The van der Waals surface area contributed by atoms with Crippen LogP contribution in [-0.4, -0.2) is 17.6 Å². The number of carbonyl (C=O) groups is 1. The zero-order chi connectivity index (χ0) is 12.2. The van der Waals surface area contributed by atoms with Gasteiger partial charge in [0.1, 0.15) is 11.4 Å². The number of aliphatic hydroxyl groups is 1. The lowest BCUT2D eigenvalue weighted by molar-refractivity contribution is -0.117.